The van der Waals surface area contributed by atoms with Gasteiger partial charge in [-0.05, 0) is 78.0 Å². The zero-order chi connectivity index (χ0) is 16.2. The molecule has 2 aromatic rings. The lowest BCUT2D eigenvalue weighted by Crippen LogP contribution is -2.27. The third kappa shape index (κ3) is 5.69. The van der Waals surface area contributed by atoms with Gasteiger partial charge in [-0.2, -0.15) is 0 Å². The van der Waals surface area contributed by atoms with Crippen LogP contribution < -0.4 is 10.6 Å². The lowest BCUT2D eigenvalue weighted by molar-refractivity contribution is 0.0636. The Kier molecular flexibility index (Phi) is 5.47. The van der Waals surface area contributed by atoms with E-state index in [0.29, 0.717) is 5.69 Å². The minimum absolute atomic E-state index is 0.448. The Balaban J connectivity index is 1.86. The molecular formula is C16H19BrN2O2S. The fourth-order valence-corrected chi connectivity index (χ4v) is 2.94. The smallest absolute Gasteiger partial charge is 0.412 e. The van der Waals surface area contributed by atoms with Crippen LogP contribution in [0, 0.1) is 0 Å². The summed E-state index contributed by atoms with van der Waals surface area (Å²) < 4.78 is 6.34. The quantitative estimate of drug-likeness (QED) is 0.736. The van der Waals surface area contributed by atoms with Crippen molar-refractivity contribution in [3.05, 3.63) is 45.1 Å². The van der Waals surface area contributed by atoms with Crippen LogP contribution in [-0.4, -0.2) is 11.7 Å². The van der Waals surface area contributed by atoms with Crippen LogP contribution in [0.4, 0.5) is 16.2 Å². The second-order valence-corrected chi connectivity index (χ2v) is 8.11. The third-order valence-electron chi connectivity index (χ3n) is 2.65. The molecule has 1 aromatic heterocycles. The maximum atomic E-state index is 11.7. The summed E-state index contributed by atoms with van der Waals surface area (Å²) in [5.74, 6) is 0. The lowest BCUT2D eigenvalue weighted by atomic mass is 10.2. The number of rotatable bonds is 4. The summed E-state index contributed by atoms with van der Waals surface area (Å²) in [7, 11) is 0. The van der Waals surface area contributed by atoms with Gasteiger partial charge in [0.15, 0.2) is 0 Å². The molecule has 0 aliphatic heterocycles. The van der Waals surface area contributed by atoms with Crippen molar-refractivity contribution >= 4 is 44.7 Å². The van der Waals surface area contributed by atoms with Crippen LogP contribution in [-0.2, 0) is 11.3 Å². The number of anilines is 2. The van der Waals surface area contributed by atoms with Gasteiger partial charge in [-0.3, -0.25) is 5.32 Å². The molecule has 0 aliphatic rings. The average Bonchev–Trinajstić information content (AvgIpc) is 2.81. The van der Waals surface area contributed by atoms with Gasteiger partial charge in [-0.1, -0.05) is 0 Å². The predicted molar refractivity (Wildman–Crippen MR) is 95.6 cm³/mol. The first-order valence-electron chi connectivity index (χ1n) is 6.89. The van der Waals surface area contributed by atoms with E-state index < -0.39 is 11.7 Å². The molecule has 0 bridgehead atoms. The van der Waals surface area contributed by atoms with Gasteiger partial charge in [0.1, 0.15) is 5.60 Å². The molecule has 0 spiro atoms. The van der Waals surface area contributed by atoms with Crippen molar-refractivity contribution in [3.8, 4) is 0 Å². The molecule has 2 N–H and O–H groups in total. The fraction of sp³-hybridized carbons (Fsp3) is 0.312. The van der Waals surface area contributed by atoms with E-state index in [1.54, 1.807) is 11.3 Å². The van der Waals surface area contributed by atoms with Gasteiger partial charge in [-0.25, -0.2) is 4.79 Å². The zero-order valence-corrected chi connectivity index (χ0v) is 15.2. The number of hydrogen-bond donors (Lipinski definition) is 2. The number of benzene rings is 1. The second-order valence-electron chi connectivity index (χ2n) is 5.82. The van der Waals surface area contributed by atoms with Crippen LogP contribution in [0.25, 0.3) is 0 Å². The van der Waals surface area contributed by atoms with Crippen molar-refractivity contribution in [2.45, 2.75) is 32.9 Å². The van der Waals surface area contributed by atoms with Crippen LogP contribution in [0.1, 0.15) is 26.3 Å². The number of amides is 1. The van der Waals surface area contributed by atoms with Crippen molar-refractivity contribution in [2.24, 2.45) is 0 Å². The highest BCUT2D eigenvalue weighted by Crippen LogP contribution is 2.22. The highest BCUT2D eigenvalue weighted by Gasteiger charge is 2.15. The van der Waals surface area contributed by atoms with Crippen LogP contribution in [0.15, 0.2) is 39.5 Å². The Morgan fingerprint density at radius 3 is 2.41 bits per heavy atom. The van der Waals surface area contributed by atoms with Gasteiger partial charge in [0.05, 0.1) is 3.79 Å². The molecule has 22 heavy (non-hydrogen) atoms. The molecule has 1 aromatic carbocycles. The predicted octanol–water partition coefficient (Wildman–Crippen LogP) is 5.47. The molecule has 0 radical (unpaired) electrons. The van der Waals surface area contributed by atoms with Gasteiger partial charge in [0, 0.05) is 17.9 Å². The summed E-state index contributed by atoms with van der Waals surface area (Å²) in [5, 5.41) is 8.15. The Labute approximate surface area is 143 Å². The molecule has 1 heterocycles. The van der Waals surface area contributed by atoms with E-state index in [1.807, 2.05) is 45.0 Å². The third-order valence-corrected chi connectivity index (χ3v) is 4.20. The average molecular weight is 383 g/mol. The first-order valence-corrected chi connectivity index (χ1v) is 8.56. The van der Waals surface area contributed by atoms with E-state index >= 15 is 0 Å². The number of halogens is 1. The van der Waals surface area contributed by atoms with Crippen molar-refractivity contribution in [1.82, 2.24) is 0 Å². The topological polar surface area (TPSA) is 50.4 Å². The van der Waals surface area contributed by atoms with E-state index in [1.165, 1.54) is 5.56 Å². The number of nitrogens with one attached hydrogen (secondary N) is 2. The number of carbonyl (C=O) groups is 1. The molecule has 0 saturated carbocycles. The maximum absolute atomic E-state index is 11.7. The maximum Gasteiger partial charge on any atom is 0.412 e. The van der Waals surface area contributed by atoms with Gasteiger partial charge in [0.25, 0.3) is 0 Å². The van der Waals surface area contributed by atoms with Crippen LogP contribution in [0.5, 0.6) is 0 Å². The zero-order valence-electron chi connectivity index (χ0n) is 12.8. The largest absolute Gasteiger partial charge is 0.444 e. The fourth-order valence-electron chi connectivity index (χ4n) is 1.74. The molecule has 4 nitrogen and oxygen atoms in total. The molecular weight excluding hydrogens is 364 g/mol. The van der Waals surface area contributed by atoms with Gasteiger partial charge in [-0.15, -0.1) is 11.3 Å². The Morgan fingerprint density at radius 1 is 1.23 bits per heavy atom. The lowest BCUT2D eigenvalue weighted by Gasteiger charge is -2.19. The van der Waals surface area contributed by atoms with Crippen molar-refractivity contribution in [3.63, 3.8) is 0 Å². The minimum atomic E-state index is -0.500. The molecule has 2 rings (SSSR count). The van der Waals surface area contributed by atoms with Crippen LogP contribution in [0.2, 0.25) is 0 Å². The Bertz CT molecular complexity index is 632. The van der Waals surface area contributed by atoms with Crippen molar-refractivity contribution < 1.29 is 9.53 Å². The number of carbonyl (C=O) groups excluding carboxylic acids is 1. The van der Waals surface area contributed by atoms with Crippen molar-refractivity contribution in [2.75, 3.05) is 10.6 Å². The molecule has 1 amide bonds. The number of thiophene rings is 1. The minimum Gasteiger partial charge on any atom is -0.444 e. The summed E-state index contributed by atoms with van der Waals surface area (Å²) in [4.78, 5) is 11.7. The summed E-state index contributed by atoms with van der Waals surface area (Å²) >= 11 is 5.12. The normalized spacial score (nSPS) is 11.1. The molecule has 0 unspecified atom stereocenters. The Morgan fingerprint density at radius 2 is 1.86 bits per heavy atom. The summed E-state index contributed by atoms with van der Waals surface area (Å²) in [6.45, 7) is 6.27. The van der Waals surface area contributed by atoms with E-state index in [0.717, 1.165) is 16.0 Å². The molecule has 118 valence electrons. The van der Waals surface area contributed by atoms with E-state index in [9.17, 15) is 4.79 Å². The molecule has 6 heteroatoms. The number of hydrogen-bond acceptors (Lipinski definition) is 4. The van der Waals surface area contributed by atoms with Gasteiger partial charge < -0.3 is 10.1 Å². The van der Waals surface area contributed by atoms with Crippen LogP contribution in [0.3, 0.4) is 0 Å². The monoisotopic (exact) mass is 382 g/mol. The second kappa shape index (κ2) is 7.15. The standard InChI is InChI=1S/C16H19BrN2O2S/c1-16(2,3)21-15(20)19-13-6-4-12(5-7-13)18-9-11-8-14(17)22-10-11/h4-8,10,18H,9H2,1-3H3,(H,19,20). The van der Waals surface area contributed by atoms with E-state index in [-0.39, 0.29) is 0 Å². The molecule has 0 atom stereocenters. The highest BCUT2D eigenvalue weighted by molar-refractivity contribution is 9.11. The summed E-state index contributed by atoms with van der Waals surface area (Å²) in [6.07, 6.45) is -0.448. The van der Waals surface area contributed by atoms with E-state index in [2.05, 4.69) is 38.0 Å². The highest BCUT2D eigenvalue weighted by atomic mass is 79.9. The van der Waals surface area contributed by atoms with Crippen LogP contribution >= 0.6 is 27.3 Å². The first-order chi connectivity index (χ1) is 10.3. The van der Waals surface area contributed by atoms with Crippen molar-refractivity contribution in [1.29, 1.82) is 0 Å². The Hall–Kier alpha value is -1.53. The summed E-state index contributed by atoms with van der Waals surface area (Å²) in [6, 6.07) is 9.63. The number of ether oxygens (including phenoxy) is 1. The van der Waals surface area contributed by atoms with Gasteiger partial charge >= 0.3 is 6.09 Å². The molecule has 0 aliphatic carbocycles. The summed E-state index contributed by atoms with van der Waals surface area (Å²) in [5.41, 5.74) is 2.43. The SMILES string of the molecule is CC(C)(C)OC(=O)Nc1ccc(NCc2csc(Br)c2)cc1. The molecule has 0 saturated heterocycles. The molecule has 0 fully saturated rings. The first kappa shape index (κ1) is 16.8. The van der Waals surface area contributed by atoms with Gasteiger partial charge in [0.2, 0.25) is 0 Å². The van der Waals surface area contributed by atoms with E-state index in [4.69, 9.17) is 4.74 Å².